The van der Waals surface area contributed by atoms with Crippen molar-refractivity contribution in [3.05, 3.63) is 28.2 Å². The zero-order chi connectivity index (χ0) is 11.6. The Morgan fingerprint density at radius 2 is 1.93 bits per heavy atom. The Labute approximate surface area is 93.8 Å². The zero-order valence-electron chi connectivity index (χ0n) is 7.85. The van der Waals surface area contributed by atoms with Crippen LogP contribution in [0.15, 0.2) is 16.6 Å². The van der Waals surface area contributed by atoms with Crippen molar-refractivity contribution in [1.82, 2.24) is 0 Å². The number of carbonyl (C=O) groups is 1. The van der Waals surface area contributed by atoms with E-state index in [0.29, 0.717) is 0 Å². The molecule has 1 amide bonds. The van der Waals surface area contributed by atoms with Gasteiger partial charge in [-0.3, -0.25) is 4.79 Å². The summed E-state index contributed by atoms with van der Waals surface area (Å²) in [4.78, 5) is 11.1. The van der Waals surface area contributed by atoms with E-state index in [2.05, 4.69) is 21.2 Å². The lowest BCUT2D eigenvalue weighted by molar-refractivity contribution is -0.117. The number of carbonyl (C=O) groups excluding carboxylic acids is 1. The zero-order valence-corrected chi connectivity index (χ0v) is 9.44. The molecule has 82 valence electrons. The first-order valence-corrected chi connectivity index (χ1v) is 4.92. The number of rotatable bonds is 2. The smallest absolute Gasteiger partial charge is 0.241 e. The summed E-state index contributed by atoms with van der Waals surface area (Å²) < 4.78 is 26.7. The second-order valence-electron chi connectivity index (χ2n) is 3.02. The van der Waals surface area contributed by atoms with Gasteiger partial charge in [0.25, 0.3) is 0 Å². The van der Waals surface area contributed by atoms with E-state index < -0.39 is 29.3 Å². The van der Waals surface area contributed by atoms with E-state index in [1.165, 1.54) is 6.92 Å². The van der Waals surface area contributed by atoms with Crippen molar-refractivity contribution in [2.75, 3.05) is 5.32 Å². The summed E-state index contributed by atoms with van der Waals surface area (Å²) in [6.07, 6.45) is 0. The molecule has 1 rings (SSSR count). The molecule has 0 aromatic heterocycles. The highest BCUT2D eigenvalue weighted by Gasteiger charge is 2.15. The SMILES string of the molecule is C[C@H](N)C(=O)Nc1c(F)cc(Br)cc1F. The summed E-state index contributed by atoms with van der Waals surface area (Å²) in [5.74, 6) is -2.35. The maximum absolute atomic E-state index is 13.2. The molecule has 1 aromatic rings. The van der Waals surface area contributed by atoms with Gasteiger partial charge in [0.15, 0.2) is 11.6 Å². The molecule has 1 aromatic carbocycles. The van der Waals surface area contributed by atoms with Crippen LogP contribution in [0.25, 0.3) is 0 Å². The van der Waals surface area contributed by atoms with Gasteiger partial charge >= 0.3 is 0 Å². The molecule has 3 nitrogen and oxygen atoms in total. The first-order chi connectivity index (χ1) is 6.91. The van der Waals surface area contributed by atoms with Crippen LogP contribution in [0.3, 0.4) is 0 Å². The molecule has 15 heavy (non-hydrogen) atoms. The monoisotopic (exact) mass is 278 g/mol. The Bertz CT molecular complexity index is 373. The van der Waals surface area contributed by atoms with Gasteiger partial charge in [-0.05, 0) is 19.1 Å². The van der Waals surface area contributed by atoms with Gasteiger partial charge in [-0.2, -0.15) is 0 Å². The fraction of sp³-hybridized carbons (Fsp3) is 0.222. The molecule has 0 saturated heterocycles. The van der Waals surface area contributed by atoms with E-state index in [1.54, 1.807) is 0 Å². The van der Waals surface area contributed by atoms with Gasteiger partial charge in [-0.15, -0.1) is 0 Å². The third-order valence-corrected chi connectivity index (χ3v) is 2.13. The van der Waals surface area contributed by atoms with Crippen LogP contribution < -0.4 is 11.1 Å². The number of anilines is 1. The number of benzene rings is 1. The number of nitrogens with one attached hydrogen (secondary N) is 1. The van der Waals surface area contributed by atoms with Gasteiger partial charge in [0, 0.05) is 4.47 Å². The van der Waals surface area contributed by atoms with Crippen LogP contribution in [0.5, 0.6) is 0 Å². The minimum Gasteiger partial charge on any atom is -0.320 e. The quantitative estimate of drug-likeness (QED) is 0.870. The Morgan fingerprint density at radius 1 is 1.47 bits per heavy atom. The van der Waals surface area contributed by atoms with Gasteiger partial charge in [-0.1, -0.05) is 15.9 Å². The normalized spacial score (nSPS) is 12.3. The van der Waals surface area contributed by atoms with Crippen LogP contribution in [0, 0.1) is 11.6 Å². The van der Waals surface area contributed by atoms with Crippen molar-refractivity contribution < 1.29 is 13.6 Å². The highest BCUT2D eigenvalue weighted by atomic mass is 79.9. The summed E-state index contributed by atoms with van der Waals surface area (Å²) >= 11 is 2.92. The van der Waals surface area contributed by atoms with Crippen LogP contribution in [-0.4, -0.2) is 11.9 Å². The van der Waals surface area contributed by atoms with E-state index in [4.69, 9.17) is 5.73 Å². The molecule has 0 aliphatic rings. The molecule has 0 unspecified atom stereocenters. The van der Waals surface area contributed by atoms with Crippen molar-refractivity contribution in [1.29, 1.82) is 0 Å². The van der Waals surface area contributed by atoms with Gasteiger partial charge in [0.2, 0.25) is 5.91 Å². The third-order valence-electron chi connectivity index (χ3n) is 1.67. The van der Waals surface area contributed by atoms with Gasteiger partial charge < -0.3 is 11.1 Å². The van der Waals surface area contributed by atoms with Gasteiger partial charge in [0.05, 0.1) is 6.04 Å². The summed E-state index contributed by atoms with van der Waals surface area (Å²) in [6, 6.07) is 1.28. The van der Waals surface area contributed by atoms with Crippen molar-refractivity contribution in [2.24, 2.45) is 5.73 Å². The predicted octanol–water partition coefficient (Wildman–Crippen LogP) is 2.01. The standard InChI is InChI=1S/C9H9BrF2N2O/c1-4(13)9(15)14-8-6(11)2-5(10)3-7(8)12/h2-4H,13H2,1H3,(H,14,15)/t4-/m0/s1. The van der Waals surface area contributed by atoms with Crippen LogP contribution >= 0.6 is 15.9 Å². The molecule has 0 heterocycles. The van der Waals surface area contributed by atoms with E-state index in [9.17, 15) is 13.6 Å². The molecule has 0 saturated carbocycles. The van der Waals surface area contributed by atoms with E-state index in [0.717, 1.165) is 12.1 Å². The van der Waals surface area contributed by atoms with Gasteiger partial charge in [0.1, 0.15) is 5.69 Å². The van der Waals surface area contributed by atoms with Crippen LogP contribution in [0.1, 0.15) is 6.92 Å². The summed E-state index contributed by atoms with van der Waals surface area (Å²) in [5.41, 5.74) is 4.76. The lowest BCUT2D eigenvalue weighted by atomic mass is 10.2. The highest BCUT2D eigenvalue weighted by Crippen LogP contribution is 2.23. The van der Waals surface area contributed by atoms with Crippen molar-refractivity contribution in [2.45, 2.75) is 13.0 Å². The largest absolute Gasteiger partial charge is 0.320 e. The second kappa shape index (κ2) is 4.67. The van der Waals surface area contributed by atoms with Crippen molar-refractivity contribution in [3.63, 3.8) is 0 Å². The fourth-order valence-corrected chi connectivity index (χ4v) is 1.30. The Hall–Kier alpha value is -1.01. The molecule has 0 fully saturated rings. The topological polar surface area (TPSA) is 55.1 Å². The van der Waals surface area contributed by atoms with E-state index in [1.807, 2.05) is 0 Å². The van der Waals surface area contributed by atoms with Crippen molar-refractivity contribution >= 4 is 27.5 Å². The maximum Gasteiger partial charge on any atom is 0.241 e. The lowest BCUT2D eigenvalue weighted by Crippen LogP contribution is -2.33. The van der Waals surface area contributed by atoms with Crippen LogP contribution in [0.2, 0.25) is 0 Å². The number of amides is 1. The molecule has 0 aliphatic carbocycles. The van der Waals surface area contributed by atoms with E-state index in [-0.39, 0.29) is 4.47 Å². The summed E-state index contributed by atoms with van der Waals surface area (Å²) in [7, 11) is 0. The molecule has 0 spiro atoms. The molecule has 1 atom stereocenters. The molecule has 0 aliphatic heterocycles. The van der Waals surface area contributed by atoms with Crippen LogP contribution in [0.4, 0.5) is 14.5 Å². The van der Waals surface area contributed by atoms with Crippen molar-refractivity contribution in [3.8, 4) is 0 Å². The summed E-state index contributed by atoms with van der Waals surface area (Å²) in [5, 5.41) is 2.07. The predicted molar refractivity (Wildman–Crippen MR) is 56.3 cm³/mol. The number of hydrogen-bond donors (Lipinski definition) is 2. The average Bonchev–Trinajstić information content (AvgIpc) is 2.10. The molecule has 0 bridgehead atoms. The van der Waals surface area contributed by atoms with Gasteiger partial charge in [-0.25, -0.2) is 8.78 Å². The number of hydrogen-bond acceptors (Lipinski definition) is 2. The molecular weight excluding hydrogens is 270 g/mol. The number of nitrogens with two attached hydrogens (primary N) is 1. The Balaban J connectivity index is 3.00. The lowest BCUT2D eigenvalue weighted by Gasteiger charge is -2.09. The molecular formula is C9H9BrF2N2O. The Kier molecular flexibility index (Phi) is 3.76. The molecule has 6 heteroatoms. The minimum absolute atomic E-state index is 0.260. The first-order valence-electron chi connectivity index (χ1n) is 4.13. The minimum atomic E-state index is -0.851. The molecule has 3 N–H and O–H groups in total. The van der Waals surface area contributed by atoms with Crippen LogP contribution in [-0.2, 0) is 4.79 Å². The second-order valence-corrected chi connectivity index (χ2v) is 3.94. The maximum atomic E-state index is 13.2. The van der Waals surface area contributed by atoms with E-state index >= 15 is 0 Å². The molecule has 0 radical (unpaired) electrons. The highest BCUT2D eigenvalue weighted by molar-refractivity contribution is 9.10. The number of halogens is 3. The fourth-order valence-electron chi connectivity index (χ4n) is 0.899. The first kappa shape index (κ1) is 12.1. The average molecular weight is 279 g/mol. The third kappa shape index (κ3) is 2.97. The Morgan fingerprint density at radius 3 is 2.33 bits per heavy atom. The summed E-state index contributed by atoms with van der Waals surface area (Å²) in [6.45, 7) is 1.42.